The maximum Gasteiger partial charge on any atom is 0.239 e. The van der Waals surface area contributed by atoms with Crippen LogP contribution >= 0.6 is 11.6 Å². The lowest BCUT2D eigenvalue weighted by Crippen LogP contribution is -2.35. The van der Waals surface area contributed by atoms with E-state index in [4.69, 9.17) is 11.6 Å². The van der Waals surface area contributed by atoms with Crippen LogP contribution in [0.1, 0.15) is 19.3 Å². The van der Waals surface area contributed by atoms with Gasteiger partial charge >= 0.3 is 0 Å². The Morgan fingerprint density at radius 3 is 2.65 bits per heavy atom. The van der Waals surface area contributed by atoms with E-state index in [0.717, 1.165) is 25.9 Å². The van der Waals surface area contributed by atoms with Crippen molar-refractivity contribution in [2.45, 2.75) is 19.3 Å². The van der Waals surface area contributed by atoms with Crippen LogP contribution in [-0.2, 0) is 4.79 Å². The molecular formula is C12H19ClN6O. The van der Waals surface area contributed by atoms with Crippen molar-refractivity contribution >= 4 is 29.4 Å². The lowest BCUT2D eigenvalue weighted by Gasteiger charge is -2.27. The third-order valence-electron chi connectivity index (χ3n) is 3.22. The molecule has 0 radical (unpaired) electrons. The fourth-order valence-electron chi connectivity index (χ4n) is 2.10. The van der Waals surface area contributed by atoms with Gasteiger partial charge in [0.25, 0.3) is 0 Å². The van der Waals surface area contributed by atoms with Crippen LogP contribution in [-0.4, -0.2) is 54.6 Å². The second-order valence-electron chi connectivity index (χ2n) is 4.78. The fourth-order valence-corrected chi connectivity index (χ4v) is 2.25. The topological polar surface area (TPSA) is 74.2 Å². The van der Waals surface area contributed by atoms with Crippen molar-refractivity contribution in [2.24, 2.45) is 0 Å². The highest BCUT2D eigenvalue weighted by Crippen LogP contribution is 2.19. The van der Waals surface area contributed by atoms with E-state index in [-0.39, 0.29) is 17.7 Å². The van der Waals surface area contributed by atoms with Crippen molar-refractivity contribution < 1.29 is 4.79 Å². The first-order chi connectivity index (χ1) is 9.60. The van der Waals surface area contributed by atoms with E-state index in [2.05, 4.69) is 25.2 Å². The fraction of sp³-hybridized carbons (Fsp3) is 0.667. The summed E-state index contributed by atoms with van der Waals surface area (Å²) >= 11 is 5.97. The Morgan fingerprint density at radius 2 is 2.00 bits per heavy atom. The number of halogens is 1. The quantitative estimate of drug-likeness (QED) is 0.882. The Bertz CT molecular complexity index is 477. The van der Waals surface area contributed by atoms with Crippen LogP contribution in [0.15, 0.2) is 0 Å². The van der Waals surface area contributed by atoms with Gasteiger partial charge in [-0.1, -0.05) is 0 Å². The molecule has 1 aliphatic heterocycles. The Kier molecular flexibility index (Phi) is 4.94. The molecule has 0 unspecified atom stereocenters. The number of amides is 1. The summed E-state index contributed by atoms with van der Waals surface area (Å²) in [4.78, 5) is 27.8. The van der Waals surface area contributed by atoms with Gasteiger partial charge in [-0.3, -0.25) is 4.79 Å². The lowest BCUT2D eigenvalue weighted by molar-refractivity contribution is -0.119. The van der Waals surface area contributed by atoms with E-state index in [9.17, 15) is 4.79 Å². The van der Waals surface area contributed by atoms with E-state index in [0.29, 0.717) is 11.9 Å². The molecule has 7 nitrogen and oxygen atoms in total. The van der Waals surface area contributed by atoms with Crippen molar-refractivity contribution in [1.29, 1.82) is 0 Å². The Hall–Kier alpha value is -1.63. The minimum atomic E-state index is -0.108. The summed E-state index contributed by atoms with van der Waals surface area (Å²) in [5, 5.41) is 2.72. The Labute approximate surface area is 123 Å². The highest BCUT2D eigenvalue weighted by molar-refractivity contribution is 6.28. The SMILES string of the molecule is CNC(=O)CN(C)c1nc(Cl)nc(N2CCCCC2)n1. The summed E-state index contributed by atoms with van der Waals surface area (Å²) in [5.41, 5.74) is 0. The zero-order valence-electron chi connectivity index (χ0n) is 11.8. The van der Waals surface area contributed by atoms with Gasteiger partial charge in [-0.05, 0) is 30.9 Å². The van der Waals surface area contributed by atoms with E-state index in [1.165, 1.54) is 6.42 Å². The summed E-state index contributed by atoms with van der Waals surface area (Å²) in [6.07, 6.45) is 3.50. The molecule has 0 bridgehead atoms. The summed E-state index contributed by atoms with van der Waals surface area (Å²) in [6, 6.07) is 0. The number of piperidine rings is 1. The van der Waals surface area contributed by atoms with Gasteiger partial charge in [0.15, 0.2) is 0 Å². The lowest BCUT2D eigenvalue weighted by atomic mass is 10.1. The number of rotatable bonds is 4. The molecule has 1 fully saturated rings. The van der Waals surface area contributed by atoms with Crippen LogP contribution in [0.2, 0.25) is 5.28 Å². The molecule has 20 heavy (non-hydrogen) atoms. The monoisotopic (exact) mass is 298 g/mol. The largest absolute Gasteiger partial charge is 0.358 e. The van der Waals surface area contributed by atoms with Crippen LogP contribution in [0.3, 0.4) is 0 Å². The highest BCUT2D eigenvalue weighted by Gasteiger charge is 2.17. The highest BCUT2D eigenvalue weighted by atomic mass is 35.5. The molecule has 1 N–H and O–H groups in total. The number of nitrogens with one attached hydrogen (secondary N) is 1. The van der Waals surface area contributed by atoms with Crippen molar-refractivity contribution in [1.82, 2.24) is 20.3 Å². The van der Waals surface area contributed by atoms with Crippen LogP contribution < -0.4 is 15.1 Å². The summed E-state index contributed by atoms with van der Waals surface area (Å²) in [5.74, 6) is 0.890. The third-order valence-corrected chi connectivity index (χ3v) is 3.39. The summed E-state index contributed by atoms with van der Waals surface area (Å²) in [6.45, 7) is 2.04. The molecular weight excluding hydrogens is 280 g/mol. The van der Waals surface area contributed by atoms with Crippen LogP contribution in [0, 0.1) is 0 Å². The van der Waals surface area contributed by atoms with Gasteiger partial charge in [0.2, 0.25) is 23.1 Å². The maximum atomic E-state index is 11.4. The first-order valence-electron chi connectivity index (χ1n) is 6.68. The number of anilines is 2. The molecule has 8 heteroatoms. The number of likely N-dealkylation sites (N-methyl/N-ethyl adjacent to an activating group) is 2. The molecule has 0 aromatic carbocycles. The third kappa shape index (κ3) is 3.69. The molecule has 1 aromatic heterocycles. The predicted molar refractivity (Wildman–Crippen MR) is 78.2 cm³/mol. The Balaban J connectivity index is 2.17. The van der Waals surface area contributed by atoms with Gasteiger partial charge in [0.1, 0.15) is 0 Å². The number of carbonyl (C=O) groups is 1. The van der Waals surface area contributed by atoms with E-state index >= 15 is 0 Å². The minimum absolute atomic E-state index is 0.108. The molecule has 1 aliphatic rings. The first kappa shape index (κ1) is 14.8. The van der Waals surface area contributed by atoms with Crippen molar-refractivity contribution in [2.75, 3.05) is 43.5 Å². The molecule has 2 rings (SSSR count). The van der Waals surface area contributed by atoms with Crippen molar-refractivity contribution in [3.8, 4) is 0 Å². The molecule has 0 aliphatic carbocycles. The smallest absolute Gasteiger partial charge is 0.239 e. The van der Waals surface area contributed by atoms with Gasteiger partial charge in [0.05, 0.1) is 6.54 Å². The maximum absolute atomic E-state index is 11.4. The van der Waals surface area contributed by atoms with E-state index < -0.39 is 0 Å². The normalized spacial score (nSPS) is 15.1. The van der Waals surface area contributed by atoms with Crippen LogP contribution in [0.5, 0.6) is 0 Å². The summed E-state index contributed by atoms with van der Waals surface area (Å²) in [7, 11) is 3.34. The molecule has 0 saturated carbocycles. The average Bonchev–Trinajstić information content (AvgIpc) is 2.47. The zero-order chi connectivity index (χ0) is 14.5. The van der Waals surface area contributed by atoms with Gasteiger partial charge in [-0.25, -0.2) is 0 Å². The average molecular weight is 299 g/mol. The van der Waals surface area contributed by atoms with Crippen LogP contribution in [0.25, 0.3) is 0 Å². The van der Waals surface area contributed by atoms with Gasteiger partial charge < -0.3 is 15.1 Å². The minimum Gasteiger partial charge on any atom is -0.358 e. The standard InChI is InChI=1S/C12H19ClN6O/c1-14-9(20)8-18(2)11-15-10(13)16-12(17-11)19-6-4-3-5-7-19/h3-8H2,1-2H3,(H,14,20). The molecule has 0 spiro atoms. The second kappa shape index (κ2) is 6.69. The van der Waals surface area contributed by atoms with Crippen molar-refractivity contribution in [3.05, 3.63) is 5.28 Å². The Morgan fingerprint density at radius 1 is 1.30 bits per heavy atom. The van der Waals surface area contributed by atoms with E-state index in [1.807, 2.05) is 0 Å². The van der Waals surface area contributed by atoms with Gasteiger partial charge in [0, 0.05) is 27.2 Å². The molecule has 1 aromatic rings. The number of aromatic nitrogens is 3. The molecule has 1 saturated heterocycles. The molecule has 2 heterocycles. The molecule has 1 amide bonds. The molecule has 110 valence electrons. The number of hydrogen-bond donors (Lipinski definition) is 1. The van der Waals surface area contributed by atoms with Crippen molar-refractivity contribution in [3.63, 3.8) is 0 Å². The predicted octanol–water partition coefficient (Wildman–Crippen LogP) is 0.697. The number of hydrogen-bond acceptors (Lipinski definition) is 6. The van der Waals surface area contributed by atoms with Gasteiger partial charge in [-0.15, -0.1) is 0 Å². The summed E-state index contributed by atoms with van der Waals surface area (Å²) < 4.78 is 0. The van der Waals surface area contributed by atoms with Crippen LogP contribution in [0.4, 0.5) is 11.9 Å². The number of nitrogens with zero attached hydrogens (tertiary/aromatic N) is 5. The first-order valence-corrected chi connectivity index (χ1v) is 7.06. The van der Waals surface area contributed by atoms with Gasteiger partial charge in [-0.2, -0.15) is 15.0 Å². The number of carbonyl (C=O) groups excluding carboxylic acids is 1. The molecule has 0 atom stereocenters. The van der Waals surface area contributed by atoms with E-state index in [1.54, 1.807) is 19.0 Å². The second-order valence-corrected chi connectivity index (χ2v) is 5.12. The zero-order valence-corrected chi connectivity index (χ0v) is 12.5.